The first-order valence-corrected chi connectivity index (χ1v) is 5.22. The van der Waals surface area contributed by atoms with Crippen molar-refractivity contribution in [3.8, 4) is 0 Å². The molecule has 0 fully saturated rings. The van der Waals surface area contributed by atoms with Crippen molar-refractivity contribution in [2.24, 2.45) is 5.92 Å². The van der Waals surface area contributed by atoms with Gasteiger partial charge in [0.2, 0.25) is 0 Å². The van der Waals surface area contributed by atoms with Crippen molar-refractivity contribution >= 4 is 11.9 Å². The number of hydrogen-bond donors (Lipinski definition) is 0. The largest absolute Gasteiger partial charge is 0.466 e. The fourth-order valence-electron chi connectivity index (χ4n) is 0.547. The summed E-state index contributed by atoms with van der Waals surface area (Å²) in [5, 5.41) is 0. The van der Waals surface area contributed by atoms with Crippen LogP contribution in [0, 0.1) is 5.92 Å². The van der Waals surface area contributed by atoms with E-state index in [1.807, 2.05) is 13.8 Å². The van der Waals surface area contributed by atoms with Gasteiger partial charge in [0.15, 0.2) is 0 Å². The summed E-state index contributed by atoms with van der Waals surface area (Å²) in [5.41, 5.74) is 0. The normalized spacial score (nSPS) is 8.93. The number of rotatable bonds is 4. The van der Waals surface area contributed by atoms with E-state index in [1.54, 1.807) is 13.8 Å². The van der Waals surface area contributed by atoms with E-state index in [9.17, 15) is 9.59 Å². The lowest BCUT2D eigenvalue weighted by molar-refractivity contribution is -0.143. The molecular formula is C11H22O4. The summed E-state index contributed by atoms with van der Waals surface area (Å²) in [7, 11) is 0. The van der Waals surface area contributed by atoms with Crippen LogP contribution in [0.4, 0.5) is 0 Å². The first kappa shape index (κ1) is 16.4. The Hall–Kier alpha value is -1.06. The minimum Gasteiger partial charge on any atom is -0.466 e. The van der Waals surface area contributed by atoms with E-state index in [2.05, 4.69) is 9.47 Å². The quantitative estimate of drug-likeness (QED) is 0.678. The Kier molecular flexibility index (Phi) is 12.0. The molecule has 0 amide bonds. The van der Waals surface area contributed by atoms with Gasteiger partial charge in [-0.3, -0.25) is 9.59 Å². The smallest absolute Gasteiger partial charge is 0.305 e. The van der Waals surface area contributed by atoms with Crippen molar-refractivity contribution in [1.82, 2.24) is 0 Å². The minimum atomic E-state index is -0.196. The van der Waals surface area contributed by atoms with Gasteiger partial charge in [0.1, 0.15) is 0 Å². The fourth-order valence-corrected chi connectivity index (χ4v) is 0.547. The molecule has 0 aliphatic carbocycles. The van der Waals surface area contributed by atoms with Crippen molar-refractivity contribution < 1.29 is 19.1 Å². The Morgan fingerprint density at radius 2 is 1.67 bits per heavy atom. The Bertz CT molecular complexity index is 175. The van der Waals surface area contributed by atoms with Crippen molar-refractivity contribution in [2.45, 2.75) is 41.0 Å². The van der Waals surface area contributed by atoms with Crippen LogP contribution in [0.5, 0.6) is 0 Å². The molecule has 15 heavy (non-hydrogen) atoms. The summed E-state index contributed by atoms with van der Waals surface area (Å²) in [4.78, 5) is 20.3. The molecular weight excluding hydrogens is 196 g/mol. The highest BCUT2D eigenvalue weighted by atomic mass is 16.5. The highest BCUT2D eigenvalue weighted by Crippen LogP contribution is 1.91. The second kappa shape index (κ2) is 11.0. The highest BCUT2D eigenvalue weighted by Gasteiger charge is 1.94. The predicted octanol–water partition coefficient (Wildman–Crippen LogP) is 2.17. The molecule has 0 radical (unpaired) electrons. The van der Waals surface area contributed by atoms with Gasteiger partial charge < -0.3 is 9.47 Å². The van der Waals surface area contributed by atoms with Crippen molar-refractivity contribution in [1.29, 1.82) is 0 Å². The Labute approximate surface area is 91.9 Å². The van der Waals surface area contributed by atoms with E-state index in [4.69, 9.17) is 0 Å². The highest BCUT2D eigenvalue weighted by molar-refractivity contribution is 5.68. The number of carbonyl (C=O) groups is 2. The average molecular weight is 218 g/mol. The Morgan fingerprint density at radius 1 is 1.13 bits per heavy atom. The number of esters is 2. The van der Waals surface area contributed by atoms with Crippen LogP contribution >= 0.6 is 0 Å². The zero-order chi connectivity index (χ0) is 12.3. The monoisotopic (exact) mass is 218 g/mol. The van der Waals surface area contributed by atoms with Gasteiger partial charge in [0, 0.05) is 13.3 Å². The molecule has 0 spiro atoms. The van der Waals surface area contributed by atoms with Gasteiger partial charge in [-0.15, -0.1) is 0 Å². The molecule has 0 N–H and O–H groups in total. The first-order chi connectivity index (χ1) is 6.93. The van der Waals surface area contributed by atoms with Gasteiger partial charge in [-0.05, 0) is 12.8 Å². The topological polar surface area (TPSA) is 52.6 Å². The molecule has 0 saturated carbocycles. The van der Waals surface area contributed by atoms with Gasteiger partial charge in [0.05, 0.1) is 13.2 Å². The molecule has 0 bridgehead atoms. The van der Waals surface area contributed by atoms with Crippen LogP contribution < -0.4 is 0 Å². The van der Waals surface area contributed by atoms with Gasteiger partial charge in [-0.2, -0.15) is 0 Å². The van der Waals surface area contributed by atoms with Crippen LogP contribution in [-0.2, 0) is 19.1 Å². The fraction of sp³-hybridized carbons (Fsp3) is 0.818. The van der Waals surface area contributed by atoms with E-state index in [0.29, 0.717) is 25.6 Å². The zero-order valence-corrected chi connectivity index (χ0v) is 10.3. The molecule has 4 heteroatoms. The van der Waals surface area contributed by atoms with E-state index >= 15 is 0 Å². The van der Waals surface area contributed by atoms with Crippen LogP contribution in [-0.4, -0.2) is 25.2 Å². The molecule has 0 unspecified atom stereocenters. The lowest BCUT2D eigenvalue weighted by Gasteiger charge is -2.02. The van der Waals surface area contributed by atoms with Crippen molar-refractivity contribution in [3.05, 3.63) is 0 Å². The first-order valence-electron chi connectivity index (χ1n) is 5.22. The third-order valence-electron chi connectivity index (χ3n) is 1.21. The molecule has 90 valence electrons. The summed E-state index contributed by atoms with van der Waals surface area (Å²) in [6, 6.07) is 0. The van der Waals surface area contributed by atoms with Gasteiger partial charge in [-0.25, -0.2) is 0 Å². The molecule has 0 atom stereocenters. The Morgan fingerprint density at radius 3 is 1.80 bits per heavy atom. The maximum Gasteiger partial charge on any atom is 0.305 e. The number of ether oxygens (including phenoxy) is 2. The second-order valence-corrected chi connectivity index (χ2v) is 3.36. The maximum atomic E-state index is 10.2. The van der Waals surface area contributed by atoms with Crippen molar-refractivity contribution in [3.63, 3.8) is 0 Å². The van der Waals surface area contributed by atoms with Gasteiger partial charge in [0.25, 0.3) is 0 Å². The summed E-state index contributed by atoms with van der Waals surface area (Å²) >= 11 is 0. The lowest BCUT2D eigenvalue weighted by atomic mass is 10.2. The lowest BCUT2D eigenvalue weighted by Crippen LogP contribution is -2.05. The predicted molar refractivity (Wildman–Crippen MR) is 58.4 cm³/mol. The molecule has 0 aromatic rings. The van der Waals surface area contributed by atoms with Crippen molar-refractivity contribution in [2.75, 3.05) is 13.2 Å². The molecule has 0 saturated heterocycles. The number of hydrogen-bond acceptors (Lipinski definition) is 4. The number of carbonyl (C=O) groups excluding carboxylic acids is 2. The summed E-state index contributed by atoms with van der Waals surface area (Å²) < 4.78 is 9.22. The standard InChI is InChI=1S/C6H12O2.C5H10O2/c1-5(2)4-8-6(3)7;1-3-5(6)7-4-2/h5H,4H2,1-3H3;3-4H2,1-2H3. The third-order valence-corrected chi connectivity index (χ3v) is 1.21. The average Bonchev–Trinajstić information content (AvgIpc) is 2.16. The second-order valence-electron chi connectivity index (χ2n) is 3.36. The Balaban J connectivity index is 0. The molecule has 0 aromatic heterocycles. The van der Waals surface area contributed by atoms with E-state index in [0.717, 1.165) is 0 Å². The zero-order valence-electron chi connectivity index (χ0n) is 10.3. The van der Waals surface area contributed by atoms with Crippen LogP contribution in [0.3, 0.4) is 0 Å². The third kappa shape index (κ3) is 19.4. The van der Waals surface area contributed by atoms with E-state index in [1.165, 1.54) is 6.92 Å². The van der Waals surface area contributed by atoms with Crippen LogP contribution in [0.25, 0.3) is 0 Å². The summed E-state index contributed by atoms with van der Waals surface area (Å²) in [6.07, 6.45) is 0.480. The van der Waals surface area contributed by atoms with E-state index < -0.39 is 0 Å². The maximum absolute atomic E-state index is 10.2. The SMILES string of the molecule is CC(=O)OCC(C)C.CCOC(=O)CC. The van der Waals surface area contributed by atoms with Gasteiger partial charge >= 0.3 is 11.9 Å². The summed E-state index contributed by atoms with van der Waals surface area (Å²) in [5.74, 6) is 0.125. The molecule has 4 nitrogen and oxygen atoms in total. The van der Waals surface area contributed by atoms with Crippen LogP contribution in [0.15, 0.2) is 0 Å². The molecule has 0 heterocycles. The van der Waals surface area contributed by atoms with Crippen LogP contribution in [0.2, 0.25) is 0 Å². The molecule has 0 aliphatic heterocycles. The summed E-state index contributed by atoms with van der Waals surface area (Å²) in [6.45, 7) is 10.0. The van der Waals surface area contributed by atoms with Crippen LogP contribution in [0.1, 0.15) is 41.0 Å². The van der Waals surface area contributed by atoms with Gasteiger partial charge in [-0.1, -0.05) is 20.8 Å². The minimum absolute atomic E-state index is 0.123. The molecule has 0 aromatic carbocycles. The van der Waals surface area contributed by atoms with E-state index in [-0.39, 0.29) is 11.9 Å². The molecule has 0 rings (SSSR count). The molecule has 0 aliphatic rings.